The molecule has 1 aromatic carbocycles. The summed E-state index contributed by atoms with van der Waals surface area (Å²) >= 11 is 0. The van der Waals surface area contributed by atoms with Crippen molar-refractivity contribution in [2.75, 3.05) is 13.7 Å². The number of ether oxygens (including phenoxy) is 1. The van der Waals surface area contributed by atoms with Crippen molar-refractivity contribution in [2.45, 2.75) is 24.9 Å². The number of allylic oxidation sites excluding steroid dienone is 1. The second-order valence-electron chi connectivity index (χ2n) is 5.31. The zero-order valence-electron chi connectivity index (χ0n) is 13.2. The molecule has 0 unspecified atom stereocenters. The average molecular weight is 379 g/mol. The lowest BCUT2D eigenvalue weighted by atomic mass is 10.2. The van der Waals surface area contributed by atoms with Crippen LogP contribution in [-0.4, -0.2) is 38.4 Å². The minimum absolute atomic E-state index is 0.0832. The summed E-state index contributed by atoms with van der Waals surface area (Å²) in [5.41, 5.74) is -4.73. The average Bonchev–Trinajstić information content (AvgIpc) is 2.68. The summed E-state index contributed by atoms with van der Waals surface area (Å²) in [5.74, 6) is -0.473. The zero-order chi connectivity index (χ0) is 18.7. The molecule has 1 aromatic rings. The Bertz CT molecular complexity index is 756. The highest BCUT2D eigenvalue weighted by Crippen LogP contribution is 2.28. The van der Waals surface area contributed by atoms with Gasteiger partial charge >= 0.3 is 15.6 Å². The first-order valence-corrected chi connectivity index (χ1v) is 8.66. The van der Waals surface area contributed by atoms with E-state index >= 15 is 0 Å². The maximum atomic E-state index is 12.4. The van der Waals surface area contributed by atoms with Crippen LogP contribution in [-0.2, 0) is 25.6 Å². The van der Waals surface area contributed by atoms with Gasteiger partial charge < -0.3 is 13.8 Å². The van der Waals surface area contributed by atoms with Crippen LogP contribution < -0.4 is 4.74 Å². The van der Waals surface area contributed by atoms with Crippen LogP contribution in [0.1, 0.15) is 18.4 Å². The number of carbonyl (C=O) groups is 1. The van der Waals surface area contributed by atoms with E-state index in [-0.39, 0.29) is 25.9 Å². The quantitative estimate of drug-likeness (QED) is 0.581. The Morgan fingerprint density at radius 3 is 2.40 bits per heavy atom. The molecule has 0 aromatic heterocycles. The molecule has 6 nitrogen and oxygen atoms in total. The van der Waals surface area contributed by atoms with E-state index in [1.54, 1.807) is 24.3 Å². The summed E-state index contributed by atoms with van der Waals surface area (Å²) in [6.45, 7) is 0.499. The van der Waals surface area contributed by atoms with E-state index in [0.717, 1.165) is 11.6 Å². The summed E-state index contributed by atoms with van der Waals surface area (Å²) in [6.07, 6.45) is 0.987. The third-order valence-corrected chi connectivity index (χ3v) is 4.48. The van der Waals surface area contributed by atoms with E-state index in [4.69, 9.17) is 4.74 Å². The Morgan fingerprint density at radius 2 is 1.84 bits per heavy atom. The standard InChI is InChI=1S/C15H16F3NO5S/c1-23-12-6-4-11(5-7-12)10-19-8-2-3-13(9-14(19)20)24-25(21,22)15(16,17)18/h4-7,9H,2-3,8,10H2,1H3. The Kier molecular flexibility index (Phi) is 5.61. The van der Waals surface area contributed by atoms with Crippen molar-refractivity contribution in [2.24, 2.45) is 0 Å². The normalized spacial score (nSPS) is 16.2. The fourth-order valence-electron chi connectivity index (χ4n) is 2.22. The van der Waals surface area contributed by atoms with Crippen LogP contribution in [0.25, 0.3) is 0 Å². The second-order valence-corrected chi connectivity index (χ2v) is 6.84. The van der Waals surface area contributed by atoms with Gasteiger partial charge in [0.25, 0.3) is 0 Å². The molecule has 1 amide bonds. The van der Waals surface area contributed by atoms with Crippen LogP contribution in [0.5, 0.6) is 5.75 Å². The Hall–Kier alpha value is -2.23. The smallest absolute Gasteiger partial charge is 0.497 e. The number of hydrogen-bond acceptors (Lipinski definition) is 5. The molecule has 0 spiro atoms. The Balaban J connectivity index is 2.09. The number of alkyl halides is 3. The molecule has 25 heavy (non-hydrogen) atoms. The summed E-state index contributed by atoms with van der Waals surface area (Å²) in [7, 11) is -4.25. The second kappa shape index (κ2) is 7.34. The van der Waals surface area contributed by atoms with Crippen molar-refractivity contribution in [1.29, 1.82) is 0 Å². The Labute approximate surface area is 142 Å². The van der Waals surface area contributed by atoms with Crippen LogP contribution in [0.2, 0.25) is 0 Å². The van der Waals surface area contributed by atoms with E-state index in [2.05, 4.69) is 4.18 Å². The van der Waals surface area contributed by atoms with Gasteiger partial charge in [-0.05, 0) is 24.1 Å². The predicted octanol–water partition coefficient (Wildman–Crippen LogP) is 2.57. The van der Waals surface area contributed by atoms with E-state index in [9.17, 15) is 26.4 Å². The Morgan fingerprint density at radius 1 is 1.20 bits per heavy atom. The molecule has 1 heterocycles. The molecule has 0 fully saturated rings. The van der Waals surface area contributed by atoms with Gasteiger partial charge in [0.2, 0.25) is 5.91 Å². The van der Waals surface area contributed by atoms with Gasteiger partial charge in [0.05, 0.1) is 7.11 Å². The molecule has 0 atom stereocenters. The number of carbonyl (C=O) groups excluding carboxylic acids is 1. The van der Waals surface area contributed by atoms with Crippen LogP contribution in [0, 0.1) is 0 Å². The van der Waals surface area contributed by atoms with Crippen LogP contribution in [0.3, 0.4) is 0 Å². The third-order valence-electron chi connectivity index (χ3n) is 3.48. The lowest BCUT2D eigenvalue weighted by Gasteiger charge is -2.19. The van der Waals surface area contributed by atoms with Gasteiger partial charge in [0.1, 0.15) is 11.5 Å². The largest absolute Gasteiger partial charge is 0.534 e. The number of benzene rings is 1. The zero-order valence-corrected chi connectivity index (χ0v) is 14.1. The van der Waals surface area contributed by atoms with Crippen molar-refractivity contribution in [3.8, 4) is 5.75 Å². The fraction of sp³-hybridized carbons (Fsp3) is 0.400. The molecule has 1 aliphatic heterocycles. The number of hydrogen-bond donors (Lipinski definition) is 0. The summed E-state index contributed by atoms with van der Waals surface area (Å²) < 4.78 is 68.3. The van der Waals surface area contributed by atoms with Gasteiger partial charge in [0, 0.05) is 25.6 Å². The minimum atomic E-state index is -5.77. The van der Waals surface area contributed by atoms with Gasteiger partial charge in [-0.25, -0.2) is 0 Å². The molecule has 0 N–H and O–H groups in total. The van der Waals surface area contributed by atoms with Crippen molar-refractivity contribution < 1.29 is 35.3 Å². The van der Waals surface area contributed by atoms with E-state index < -0.39 is 27.3 Å². The first-order chi connectivity index (χ1) is 11.6. The summed E-state index contributed by atoms with van der Waals surface area (Å²) in [5, 5.41) is 0. The summed E-state index contributed by atoms with van der Waals surface area (Å²) in [6, 6.07) is 6.95. The number of methoxy groups -OCH3 is 1. The number of amides is 1. The predicted molar refractivity (Wildman–Crippen MR) is 81.8 cm³/mol. The summed E-state index contributed by atoms with van der Waals surface area (Å²) in [4.78, 5) is 13.6. The lowest BCUT2D eigenvalue weighted by molar-refractivity contribution is -0.126. The maximum Gasteiger partial charge on any atom is 0.534 e. The van der Waals surface area contributed by atoms with Crippen molar-refractivity contribution in [3.63, 3.8) is 0 Å². The van der Waals surface area contributed by atoms with Gasteiger partial charge in [-0.15, -0.1) is 0 Å². The SMILES string of the molecule is COc1ccc(CN2CCCC(OS(=O)(=O)C(F)(F)F)=CC2=O)cc1. The molecular formula is C15H16F3NO5S. The topological polar surface area (TPSA) is 72.9 Å². The van der Waals surface area contributed by atoms with Crippen LogP contribution in [0.15, 0.2) is 36.1 Å². The molecule has 0 saturated heterocycles. The van der Waals surface area contributed by atoms with Gasteiger partial charge in [-0.3, -0.25) is 4.79 Å². The molecule has 10 heteroatoms. The van der Waals surface area contributed by atoms with Crippen molar-refractivity contribution in [1.82, 2.24) is 4.90 Å². The third kappa shape index (κ3) is 4.88. The monoisotopic (exact) mass is 379 g/mol. The van der Waals surface area contributed by atoms with Crippen molar-refractivity contribution in [3.05, 3.63) is 41.7 Å². The van der Waals surface area contributed by atoms with E-state index in [1.165, 1.54) is 12.0 Å². The van der Waals surface area contributed by atoms with Gasteiger partial charge in [-0.2, -0.15) is 21.6 Å². The molecule has 1 aliphatic rings. The molecule has 0 aliphatic carbocycles. The first-order valence-electron chi connectivity index (χ1n) is 7.25. The van der Waals surface area contributed by atoms with Gasteiger partial charge in [-0.1, -0.05) is 12.1 Å². The molecule has 2 rings (SSSR count). The fourth-order valence-corrected chi connectivity index (χ4v) is 2.73. The van der Waals surface area contributed by atoms with Crippen molar-refractivity contribution >= 4 is 16.0 Å². The molecule has 0 radical (unpaired) electrons. The van der Waals surface area contributed by atoms with E-state index in [1.807, 2.05) is 0 Å². The molecular weight excluding hydrogens is 363 g/mol. The van der Waals surface area contributed by atoms with Gasteiger partial charge in [0.15, 0.2) is 0 Å². The lowest BCUT2D eigenvalue weighted by Crippen LogP contribution is -2.29. The van der Waals surface area contributed by atoms with Crippen LogP contribution >= 0.6 is 0 Å². The molecule has 0 saturated carbocycles. The molecule has 0 bridgehead atoms. The minimum Gasteiger partial charge on any atom is -0.497 e. The highest BCUT2D eigenvalue weighted by atomic mass is 32.2. The number of halogens is 3. The molecule has 138 valence electrons. The number of nitrogens with zero attached hydrogens (tertiary/aromatic N) is 1. The van der Waals surface area contributed by atoms with E-state index in [0.29, 0.717) is 5.75 Å². The number of rotatable bonds is 5. The highest BCUT2D eigenvalue weighted by Gasteiger charge is 2.49. The highest BCUT2D eigenvalue weighted by molar-refractivity contribution is 7.87. The first kappa shape index (κ1) is 19.1. The maximum absolute atomic E-state index is 12.4. The van der Waals surface area contributed by atoms with Crippen LogP contribution in [0.4, 0.5) is 13.2 Å².